The summed E-state index contributed by atoms with van der Waals surface area (Å²) in [5.74, 6) is 0.773. The highest BCUT2D eigenvalue weighted by molar-refractivity contribution is 9.10. The van der Waals surface area contributed by atoms with Gasteiger partial charge in [0, 0.05) is 45.4 Å². The number of fused-ring (bicyclic) bond motifs is 1. The van der Waals surface area contributed by atoms with Gasteiger partial charge in [-0.1, -0.05) is 23.7 Å². The zero-order valence-electron chi connectivity index (χ0n) is 16.1. The predicted molar refractivity (Wildman–Crippen MR) is 119 cm³/mol. The summed E-state index contributed by atoms with van der Waals surface area (Å²) in [5.41, 5.74) is 4.03. The molecular formula is C22H22BrClN2O2. The summed E-state index contributed by atoms with van der Waals surface area (Å²) in [5, 5.41) is 1.53. The van der Waals surface area contributed by atoms with Crippen molar-refractivity contribution in [2.75, 3.05) is 25.1 Å². The molecule has 1 fully saturated rings. The highest BCUT2D eigenvalue weighted by atomic mass is 79.9. The Morgan fingerprint density at radius 1 is 1.14 bits per heavy atom. The number of morpholine rings is 1. The number of methoxy groups -OCH3 is 1. The van der Waals surface area contributed by atoms with Crippen LogP contribution in [0.15, 0.2) is 47.1 Å². The smallest absolute Gasteiger partial charge is 0.137 e. The average Bonchev–Trinajstić information content (AvgIpc) is 2.66. The molecule has 146 valence electrons. The van der Waals surface area contributed by atoms with Crippen LogP contribution in [0.25, 0.3) is 22.0 Å². The Kier molecular flexibility index (Phi) is 5.50. The summed E-state index contributed by atoms with van der Waals surface area (Å²) in [7, 11) is 1.68. The van der Waals surface area contributed by atoms with Crippen LogP contribution in [-0.2, 0) is 4.74 Å². The Labute approximate surface area is 178 Å². The van der Waals surface area contributed by atoms with E-state index in [1.807, 2.05) is 18.3 Å². The normalized spacial score (nSPS) is 19.8. The SMILES string of the molecule is COc1c(-c2ccc(N3CC(C)OC(C)C3)cc2)cnc2c(Br)cc(Cl)cc12. The van der Waals surface area contributed by atoms with Crippen LogP contribution in [0.1, 0.15) is 13.8 Å². The van der Waals surface area contributed by atoms with Crippen molar-refractivity contribution >= 4 is 44.1 Å². The van der Waals surface area contributed by atoms with Crippen LogP contribution in [-0.4, -0.2) is 37.4 Å². The number of nitrogens with zero attached hydrogens (tertiary/aromatic N) is 2. The molecule has 1 aromatic heterocycles. The molecule has 4 nitrogen and oxygen atoms in total. The van der Waals surface area contributed by atoms with E-state index in [4.69, 9.17) is 21.1 Å². The molecule has 4 rings (SSSR count). The van der Waals surface area contributed by atoms with Gasteiger partial charge in [0.25, 0.3) is 0 Å². The first-order chi connectivity index (χ1) is 13.5. The monoisotopic (exact) mass is 460 g/mol. The van der Waals surface area contributed by atoms with E-state index in [1.54, 1.807) is 7.11 Å². The molecule has 1 saturated heterocycles. The minimum atomic E-state index is 0.233. The lowest BCUT2D eigenvalue weighted by Gasteiger charge is -2.36. The molecule has 2 heterocycles. The molecule has 3 aromatic rings. The lowest BCUT2D eigenvalue weighted by molar-refractivity contribution is -0.00521. The van der Waals surface area contributed by atoms with Gasteiger partial charge in [0.1, 0.15) is 5.75 Å². The van der Waals surface area contributed by atoms with E-state index in [2.05, 4.69) is 63.9 Å². The Bertz CT molecular complexity index is 1000. The maximum Gasteiger partial charge on any atom is 0.137 e. The molecular weight excluding hydrogens is 440 g/mol. The van der Waals surface area contributed by atoms with Crippen LogP contribution in [0.2, 0.25) is 5.02 Å². The van der Waals surface area contributed by atoms with Gasteiger partial charge in [-0.25, -0.2) is 0 Å². The second-order valence-electron chi connectivity index (χ2n) is 7.20. The summed E-state index contributed by atoms with van der Waals surface area (Å²) in [6, 6.07) is 12.3. The molecule has 2 aromatic carbocycles. The molecule has 6 heteroatoms. The fourth-order valence-electron chi connectivity index (χ4n) is 3.87. The third-order valence-electron chi connectivity index (χ3n) is 5.01. The molecule has 0 spiro atoms. The number of rotatable bonds is 3. The molecule has 28 heavy (non-hydrogen) atoms. The number of anilines is 1. The third-order valence-corrected chi connectivity index (χ3v) is 5.83. The van der Waals surface area contributed by atoms with Gasteiger partial charge in [-0.15, -0.1) is 0 Å². The van der Waals surface area contributed by atoms with E-state index in [0.29, 0.717) is 5.02 Å². The van der Waals surface area contributed by atoms with Crippen molar-refractivity contribution in [2.24, 2.45) is 0 Å². The minimum Gasteiger partial charge on any atom is -0.495 e. The number of halogens is 2. The van der Waals surface area contributed by atoms with Crippen molar-refractivity contribution in [3.63, 3.8) is 0 Å². The van der Waals surface area contributed by atoms with Gasteiger partial charge in [-0.05, 0) is 59.6 Å². The Morgan fingerprint density at radius 3 is 2.46 bits per heavy atom. The second-order valence-corrected chi connectivity index (χ2v) is 8.49. The van der Waals surface area contributed by atoms with Crippen LogP contribution < -0.4 is 9.64 Å². The van der Waals surface area contributed by atoms with Gasteiger partial charge < -0.3 is 14.4 Å². The predicted octanol–water partition coefficient (Wildman–Crippen LogP) is 5.94. The van der Waals surface area contributed by atoms with E-state index < -0.39 is 0 Å². The van der Waals surface area contributed by atoms with E-state index in [9.17, 15) is 0 Å². The molecule has 2 unspecified atom stereocenters. The number of hydrogen-bond donors (Lipinski definition) is 0. The van der Waals surface area contributed by atoms with Crippen molar-refractivity contribution in [2.45, 2.75) is 26.1 Å². The molecule has 0 radical (unpaired) electrons. The standard InChI is InChI=1S/C22H22BrClN2O2/c1-13-11-26(12-14(2)28-13)17-6-4-15(5-7-17)19-10-25-21-18(22(19)27-3)8-16(24)9-20(21)23/h4-10,13-14H,11-12H2,1-3H3. The summed E-state index contributed by atoms with van der Waals surface area (Å²) >= 11 is 9.79. The van der Waals surface area contributed by atoms with E-state index in [-0.39, 0.29) is 12.2 Å². The quantitative estimate of drug-likeness (QED) is 0.483. The summed E-state index contributed by atoms with van der Waals surface area (Å²) in [4.78, 5) is 7.00. The first-order valence-electron chi connectivity index (χ1n) is 9.29. The van der Waals surface area contributed by atoms with Gasteiger partial charge in [0.05, 0.1) is 24.8 Å². The van der Waals surface area contributed by atoms with Crippen LogP contribution in [0, 0.1) is 0 Å². The molecule has 0 N–H and O–H groups in total. The van der Waals surface area contributed by atoms with Crippen molar-refractivity contribution in [3.8, 4) is 16.9 Å². The average molecular weight is 462 g/mol. The highest BCUT2D eigenvalue weighted by Gasteiger charge is 2.22. The van der Waals surface area contributed by atoms with Crippen LogP contribution in [0.4, 0.5) is 5.69 Å². The molecule has 1 aliphatic rings. The van der Waals surface area contributed by atoms with Crippen LogP contribution in [0.5, 0.6) is 5.75 Å². The third kappa shape index (κ3) is 3.71. The Morgan fingerprint density at radius 2 is 1.82 bits per heavy atom. The Hall–Kier alpha value is -1.82. The molecule has 2 atom stereocenters. The summed E-state index contributed by atoms with van der Waals surface area (Å²) in [6.45, 7) is 6.03. The van der Waals surface area contributed by atoms with Crippen LogP contribution >= 0.6 is 27.5 Å². The molecule has 0 aliphatic carbocycles. The fraction of sp³-hybridized carbons (Fsp3) is 0.318. The van der Waals surface area contributed by atoms with Crippen molar-refractivity contribution in [1.82, 2.24) is 4.98 Å². The maximum absolute atomic E-state index is 6.25. The maximum atomic E-state index is 6.25. The van der Waals surface area contributed by atoms with E-state index >= 15 is 0 Å². The van der Waals surface area contributed by atoms with E-state index in [0.717, 1.165) is 45.3 Å². The van der Waals surface area contributed by atoms with Gasteiger partial charge in [0.15, 0.2) is 0 Å². The van der Waals surface area contributed by atoms with Crippen molar-refractivity contribution < 1.29 is 9.47 Å². The van der Waals surface area contributed by atoms with Crippen LogP contribution in [0.3, 0.4) is 0 Å². The van der Waals surface area contributed by atoms with Gasteiger partial charge in [0.2, 0.25) is 0 Å². The summed E-state index contributed by atoms with van der Waals surface area (Å²) in [6.07, 6.45) is 2.32. The minimum absolute atomic E-state index is 0.233. The van der Waals surface area contributed by atoms with Crippen molar-refractivity contribution in [3.05, 3.63) is 52.1 Å². The lowest BCUT2D eigenvalue weighted by atomic mass is 10.0. The zero-order valence-corrected chi connectivity index (χ0v) is 18.4. The highest BCUT2D eigenvalue weighted by Crippen LogP contribution is 2.39. The number of aromatic nitrogens is 1. The topological polar surface area (TPSA) is 34.6 Å². The molecule has 0 amide bonds. The Balaban J connectivity index is 1.72. The fourth-order valence-corrected chi connectivity index (χ4v) is 4.78. The first kappa shape index (κ1) is 19.5. The number of hydrogen-bond acceptors (Lipinski definition) is 4. The van der Waals surface area contributed by atoms with Gasteiger partial charge >= 0.3 is 0 Å². The first-order valence-corrected chi connectivity index (χ1v) is 10.5. The molecule has 0 bridgehead atoms. The lowest BCUT2D eigenvalue weighted by Crippen LogP contribution is -2.45. The molecule has 1 aliphatic heterocycles. The number of benzene rings is 2. The van der Waals surface area contributed by atoms with Gasteiger partial charge in [-0.2, -0.15) is 0 Å². The number of ether oxygens (including phenoxy) is 2. The second kappa shape index (κ2) is 7.90. The number of pyridine rings is 1. The van der Waals surface area contributed by atoms with Gasteiger partial charge in [-0.3, -0.25) is 4.98 Å². The zero-order chi connectivity index (χ0) is 19.8. The molecule has 0 saturated carbocycles. The van der Waals surface area contributed by atoms with Crippen molar-refractivity contribution in [1.29, 1.82) is 0 Å². The van der Waals surface area contributed by atoms with E-state index in [1.165, 1.54) is 5.69 Å². The summed E-state index contributed by atoms with van der Waals surface area (Å²) < 4.78 is 12.4. The largest absolute Gasteiger partial charge is 0.495 e.